The summed E-state index contributed by atoms with van der Waals surface area (Å²) in [6.07, 6.45) is 12.3. The van der Waals surface area contributed by atoms with Crippen molar-refractivity contribution < 1.29 is 5.11 Å². The minimum absolute atomic E-state index is 0.109. The van der Waals surface area contributed by atoms with E-state index in [1.54, 1.807) is 0 Å². The highest BCUT2D eigenvalue weighted by Crippen LogP contribution is 2.10. The van der Waals surface area contributed by atoms with Crippen molar-refractivity contribution in [3.8, 4) is 0 Å². The Labute approximate surface area is 95.6 Å². The topological polar surface area (TPSA) is 20.2 Å². The number of hydrogen-bond donors (Lipinski definition) is 1. The predicted octanol–water partition coefficient (Wildman–Crippen LogP) is 4.45. The van der Waals surface area contributed by atoms with Crippen LogP contribution in [0.2, 0.25) is 0 Å². The zero-order chi connectivity index (χ0) is 11.5. The number of rotatable bonds is 9. The first kappa shape index (κ1) is 14.7. The minimum atomic E-state index is -0.109. The highest BCUT2D eigenvalue weighted by Gasteiger charge is 1.95. The van der Waals surface area contributed by atoms with E-state index in [0.717, 1.165) is 6.42 Å². The molecule has 0 amide bonds. The average molecular weight is 212 g/mol. The van der Waals surface area contributed by atoms with Gasteiger partial charge in [0, 0.05) is 0 Å². The average Bonchev–Trinajstić information content (AvgIpc) is 2.14. The molecule has 15 heavy (non-hydrogen) atoms. The van der Waals surface area contributed by atoms with Crippen molar-refractivity contribution in [1.82, 2.24) is 0 Å². The highest BCUT2D eigenvalue weighted by molar-refractivity contribution is 4.92. The van der Waals surface area contributed by atoms with Crippen LogP contribution in [0, 0.1) is 0 Å². The lowest BCUT2D eigenvalue weighted by atomic mass is 10.1. The molecule has 0 aliphatic rings. The molecule has 0 spiro atoms. The largest absolute Gasteiger partial charge is 0.393 e. The first-order valence-corrected chi connectivity index (χ1v) is 6.44. The lowest BCUT2D eigenvalue weighted by molar-refractivity contribution is 0.180. The highest BCUT2D eigenvalue weighted by atomic mass is 16.3. The maximum Gasteiger partial charge on any atom is 0.0512 e. The maximum atomic E-state index is 9.07. The van der Waals surface area contributed by atoms with E-state index in [1.807, 2.05) is 6.92 Å². The van der Waals surface area contributed by atoms with Gasteiger partial charge in [0.25, 0.3) is 0 Å². The van der Waals surface area contributed by atoms with Crippen LogP contribution >= 0.6 is 0 Å². The molecular weight excluding hydrogens is 184 g/mol. The fourth-order valence-electron chi connectivity index (χ4n) is 1.68. The summed E-state index contributed by atoms with van der Waals surface area (Å²) in [7, 11) is 0. The normalized spacial score (nSPS) is 12.5. The molecule has 0 saturated carbocycles. The van der Waals surface area contributed by atoms with Crippen molar-refractivity contribution in [3.63, 3.8) is 0 Å². The fraction of sp³-hybridized carbons (Fsp3) is 0.857. The Morgan fingerprint density at radius 1 is 1.00 bits per heavy atom. The first-order chi connectivity index (χ1) is 7.13. The summed E-state index contributed by atoms with van der Waals surface area (Å²) in [4.78, 5) is 0. The summed E-state index contributed by atoms with van der Waals surface area (Å²) in [5.74, 6) is 0. The van der Waals surface area contributed by atoms with Crippen LogP contribution in [0.4, 0.5) is 0 Å². The van der Waals surface area contributed by atoms with Crippen LogP contribution in [0.1, 0.15) is 72.1 Å². The van der Waals surface area contributed by atoms with Crippen molar-refractivity contribution >= 4 is 0 Å². The fourth-order valence-corrected chi connectivity index (χ4v) is 1.68. The summed E-state index contributed by atoms with van der Waals surface area (Å²) in [5.41, 5.74) is 1.44. The van der Waals surface area contributed by atoms with Gasteiger partial charge in [-0.25, -0.2) is 0 Å². The third-order valence-electron chi connectivity index (χ3n) is 2.63. The van der Waals surface area contributed by atoms with Crippen LogP contribution in [0.25, 0.3) is 0 Å². The molecule has 1 N–H and O–H groups in total. The molecular formula is C14H28O. The van der Waals surface area contributed by atoms with Gasteiger partial charge in [0.1, 0.15) is 0 Å². The molecule has 0 aromatic carbocycles. The van der Waals surface area contributed by atoms with Crippen LogP contribution in [0.3, 0.4) is 0 Å². The van der Waals surface area contributed by atoms with Gasteiger partial charge in [-0.1, -0.05) is 43.8 Å². The standard InChI is InChI=1S/C14H28O/c1-13(2)11-9-7-5-4-6-8-10-12-14(3)15/h11,14-15H,4-10,12H2,1-3H3. The second-order valence-corrected chi connectivity index (χ2v) is 4.83. The van der Waals surface area contributed by atoms with Crippen molar-refractivity contribution in [2.45, 2.75) is 78.2 Å². The Morgan fingerprint density at radius 2 is 1.53 bits per heavy atom. The lowest BCUT2D eigenvalue weighted by Gasteiger charge is -2.03. The predicted molar refractivity (Wildman–Crippen MR) is 68.0 cm³/mol. The zero-order valence-electron chi connectivity index (χ0n) is 10.8. The van der Waals surface area contributed by atoms with Crippen LogP contribution < -0.4 is 0 Å². The number of hydrogen-bond acceptors (Lipinski definition) is 1. The summed E-state index contributed by atoms with van der Waals surface area (Å²) >= 11 is 0. The third-order valence-corrected chi connectivity index (χ3v) is 2.63. The molecule has 0 aliphatic heterocycles. The zero-order valence-corrected chi connectivity index (χ0v) is 10.8. The number of aliphatic hydroxyl groups excluding tert-OH is 1. The second kappa shape index (κ2) is 10.2. The van der Waals surface area contributed by atoms with Crippen molar-refractivity contribution in [1.29, 1.82) is 0 Å². The van der Waals surface area contributed by atoms with Gasteiger partial charge in [0.2, 0.25) is 0 Å². The number of unbranched alkanes of at least 4 members (excludes halogenated alkanes) is 6. The molecule has 0 rings (SSSR count). The van der Waals surface area contributed by atoms with Crippen LogP contribution in [0.15, 0.2) is 11.6 Å². The number of allylic oxidation sites excluding steroid dienone is 2. The van der Waals surface area contributed by atoms with Gasteiger partial charge in [-0.05, 0) is 40.0 Å². The summed E-state index contributed by atoms with van der Waals surface area (Å²) in [6.45, 7) is 6.20. The SMILES string of the molecule is CC(C)=CCCCCCCCCC(C)O. The molecule has 0 radical (unpaired) electrons. The van der Waals surface area contributed by atoms with E-state index in [2.05, 4.69) is 19.9 Å². The molecule has 1 nitrogen and oxygen atoms in total. The molecule has 0 fully saturated rings. The summed E-state index contributed by atoms with van der Waals surface area (Å²) in [5, 5.41) is 9.07. The molecule has 0 aliphatic carbocycles. The Morgan fingerprint density at radius 3 is 2.07 bits per heavy atom. The third kappa shape index (κ3) is 13.7. The Kier molecular flexibility index (Phi) is 10.0. The van der Waals surface area contributed by atoms with Crippen molar-refractivity contribution in [3.05, 3.63) is 11.6 Å². The van der Waals surface area contributed by atoms with Gasteiger partial charge in [-0.15, -0.1) is 0 Å². The van der Waals surface area contributed by atoms with Gasteiger partial charge in [0.05, 0.1) is 6.10 Å². The Bertz CT molecular complexity index is 155. The molecule has 90 valence electrons. The Balaban J connectivity index is 3.02. The quantitative estimate of drug-likeness (QED) is 0.442. The maximum absolute atomic E-state index is 9.07. The molecule has 1 unspecified atom stereocenters. The second-order valence-electron chi connectivity index (χ2n) is 4.83. The van der Waals surface area contributed by atoms with Gasteiger partial charge in [-0.3, -0.25) is 0 Å². The first-order valence-electron chi connectivity index (χ1n) is 6.44. The monoisotopic (exact) mass is 212 g/mol. The van der Waals surface area contributed by atoms with E-state index in [1.165, 1.54) is 50.5 Å². The van der Waals surface area contributed by atoms with Gasteiger partial charge < -0.3 is 5.11 Å². The molecule has 1 atom stereocenters. The van der Waals surface area contributed by atoms with E-state index < -0.39 is 0 Å². The lowest BCUT2D eigenvalue weighted by Crippen LogP contribution is -1.98. The minimum Gasteiger partial charge on any atom is -0.393 e. The molecule has 1 heteroatoms. The van der Waals surface area contributed by atoms with Gasteiger partial charge >= 0.3 is 0 Å². The molecule has 0 bridgehead atoms. The van der Waals surface area contributed by atoms with E-state index in [0.29, 0.717) is 0 Å². The van der Waals surface area contributed by atoms with Crippen molar-refractivity contribution in [2.75, 3.05) is 0 Å². The molecule has 0 heterocycles. The van der Waals surface area contributed by atoms with E-state index in [-0.39, 0.29) is 6.10 Å². The van der Waals surface area contributed by atoms with Gasteiger partial charge in [0.15, 0.2) is 0 Å². The Hall–Kier alpha value is -0.300. The molecule has 0 aromatic rings. The smallest absolute Gasteiger partial charge is 0.0512 e. The van der Waals surface area contributed by atoms with E-state index in [9.17, 15) is 0 Å². The summed E-state index contributed by atoms with van der Waals surface area (Å²) in [6, 6.07) is 0. The number of aliphatic hydroxyl groups is 1. The van der Waals surface area contributed by atoms with Gasteiger partial charge in [-0.2, -0.15) is 0 Å². The summed E-state index contributed by atoms with van der Waals surface area (Å²) < 4.78 is 0. The molecule has 0 saturated heterocycles. The van der Waals surface area contributed by atoms with Crippen LogP contribution in [-0.4, -0.2) is 11.2 Å². The van der Waals surface area contributed by atoms with E-state index in [4.69, 9.17) is 5.11 Å². The molecule has 0 aromatic heterocycles. The van der Waals surface area contributed by atoms with E-state index >= 15 is 0 Å². The van der Waals surface area contributed by atoms with Crippen LogP contribution in [0.5, 0.6) is 0 Å². The van der Waals surface area contributed by atoms with Crippen molar-refractivity contribution in [2.24, 2.45) is 0 Å². The van der Waals surface area contributed by atoms with Crippen LogP contribution in [-0.2, 0) is 0 Å².